The second-order valence-corrected chi connectivity index (χ2v) is 11.0. The van der Waals surface area contributed by atoms with E-state index in [4.69, 9.17) is 9.47 Å². The standard InChI is InChI=1S/C26H36O4/c1-16(27)29-19-10-13-25(3)18(15-19)6-7-20-21(25)11-14-26-12-4-5-24(30-17(2)28)23(26)9-8-22(20)26/h5,12,18-24H,6-11,13-15H2,1-3H3/t18-,19+,20+,21-,22-,23+,24+,25-,26+/m0/s1. The van der Waals surface area contributed by atoms with E-state index in [1.54, 1.807) is 0 Å². The molecular formula is C26H36O4. The van der Waals surface area contributed by atoms with Gasteiger partial charge >= 0.3 is 11.9 Å². The molecule has 4 heteroatoms. The number of hydrogen-bond acceptors (Lipinski definition) is 4. The van der Waals surface area contributed by atoms with Crippen molar-refractivity contribution in [3.63, 3.8) is 0 Å². The fourth-order valence-electron chi connectivity index (χ4n) is 8.81. The molecule has 4 nitrogen and oxygen atoms in total. The van der Waals surface area contributed by atoms with Gasteiger partial charge in [-0.15, -0.1) is 5.73 Å². The van der Waals surface area contributed by atoms with Gasteiger partial charge in [-0.05, 0) is 99.0 Å². The first-order valence-corrected chi connectivity index (χ1v) is 12.1. The van der Waals surface area contributed by atoms with Gasteiger partial charge in [-0.1, -0.05) is 6.92 Å². The molecule has 5 aliphatic carbocycles. The van der Waals surface area contributed by atoms with E-state index in [2.05, 4.69) is 18.7 Å². The lowest BCUT2D eigenvalue weighted by atomic mass is 9.44. The molecule has 0 N–H and O–H groups in total. The Bertz CT molecular complexity index is 795. The average molecular weight is 413 g/mol. The molecule has 164 valence electrons. The molecule has 0 aromatic heterocycles. The van der Waals surface area contributed by atoms with E-state index in [9.17, 15) is 9.59 Å². The van der Waals surface area contributed by atoms with Crippen LogP contribution in [0.25, 0.3) is 0 Å². The predicted molar refractivity (Wildman–Crippen MR) is 113 cm³/mol. The zero-order valence-corrected chi connectivity index (χ0v) is 18.7. The van der Waals surface area contributed by atoms with Gasteiger partial charge in [-0.25, -0.2) is 0 Å². The Kier molecular flexibility index (Phi) is 4.93. The van der Waals surface area contributed by atoms with E-state index in [0.717, 1.165) is 31.1 Å². The Labute approximate surface area is 180 Å². The maximum absolute atomic E-state index is 11.7. The molecular weight excluding hydrogens is 376 g/mol. The average Bonchev–Trinajstić information content (AvgIpc) is 3.08. The smallest absolute Gasteiger partial charge is 0.303 e. The predicted octanol–water partition coefficient (Wildman–Crippen LogP) is 5.21. The number of fused-ring (bicyclic) bond motifs is 4. The van der Waals surface area contributed by atoms with Crippen LogP contribution in [0.2, 0.25) is 0 Å². The fourth-order valence-corrected chi connectivity index (χ4v) is 8.81. The summed E-state index contributed by atoms with van der Waals surface area (Å²) in [5, 5.41) is 0. The number of esters is 2. The van der Waals surface area contributed by atoms with Gasteiger partial charge in [0.2, 0.25) is 0 Å². The van der Waals surface area contributed by atoms with Gasteiger partial charge in [0, 0.05) is 25.2 Å². The van der Waals surface area contributed by atoms with Crippen molar-refractivity contribution in [3.8, 4) is 0 Å². The summed E-state index contributed by atoms with van der Waals surface area (Å²) in [6.07, 6.45) is 15.1. The third-order valence-electron chi connectivity index (χ3n) is 9.92. The highest BCUT2D eigenvalue weighted by molar-refractivity contribution is 5.66. The molecule has 4 fully saturated rings. The number of carbonyl (C=O) groups excluding carboxylic acids is 2. The normalized spacial score (nSPS) is 48.7. The van der Waals surface area contributed by atoms with Gasteiger partial charge in [0.05, 0.1) is 0 Å². The Morgan fingerprint density at radius 2 is 1.67 bits per heavy atom. The molecule has 0 aromatic carbocycles. The summed E-state index contributed by atoms with van der Waals surface area (Å²) in [7, 11) is 0. The van der Waals surface area contributed by atoms with Crippen LogP contribution in [0.4, 0.5) is 0 Å². The Hall–Kier alpha value is -1.54. The summed E-state index contributed by atoms with van der Waals surface area (Å²) in [4.78, 5) is 23.1. The van der Waals surface area contributed by atoms with Crippen molar-refractivity contribution in [2.45, 2.75) is 90.8 Å². The lowest BCUT2D eigenvalue weighted by molar-refractivity contribution is -0.161. The molecule has 0 aromatic rings. The number of carbonyl (C=O) groups is 2. The van der Waals surface area contributed by atoms with E-state index in [-0.39, 0.29) is 29.6 Å². The largest absolute Gasteiger partial charge is 0.463 e. The zero-order chi connectivity index (χ0) is 21.1. The zero-order valence-electron chi connectivity index (χ0n) is 18.7. The van der Waals surface area contributed by atoms with Crippen LogP contribution >= 0.6 is 0 Å². The first-order chi connectivity index (χ1) is 14.3. The first kappa shape index (κ1) is 20.4. The van der Waals surface area contributed by atoms with E-state index in [0.29, 0.717) is 23.2 Å². The Morgan fingerprint density at radius 3 is 2.43 bits per heavy atom. The molecule has 0 unspecified atom stereocenters. The van der Waals surface area contributed by atoms with Gasteiger partial charge in [0.25, 0.3) is 0 Å². The van der Waals surface area contributed by atoms with Crippen LogP contribution in [0.3, 0.4) is 0 Å². The number of rotatable bonds is 2. The minimum absolute atomic E-state index is 0.0971. The van der Waals surface area contributed by atoms with Gasteiger partial charge in [-0.2, -0.15) is 0 Å². The highest BCUT2D eigenvalue weighted by Gasteiger charge is 2.62. The molecule has 0 heterocycles. The second-order valence-electron chi connectivity index (χ2n) is 11.0. The maximum atomic E-state index is 11.7. The van der Waals surface area contributed by atoms with Gasteiger partial charge in [0.15, 0.2) is 0 Å². The van der Waals surface area contributed by atoms with Crippen molar-refractivity contribution in [2.24, 2.45) is 40.4 Å². The molecule has 9 atom stereocenters. The van der Waals surface area contributed by atoms with Crippen molar-refractivity contribution in [3.05, 3.63) is 17.9 Å². The topological polar surface area (TPSA) is 52.6 Å². The molecule has 5 aliphatic rings. The van der Waals surface area contributed by atoms with Crippen molar-refractivity contribution in [1.29, 1.82) is 0 Å². The van der Waals surface area contributed by atoms with Crippen LogP contribution in [0.1, 0.15) is 78.6 Å². The maximum Gasteiger partial charge on any atom is 0.303 e. The highest BCUT2D eigenvalue weighted by Crippen LogP contribution is 2.69. The van der Waals surface area contributed by atoms with Crippen molar-refractivity contribution >= 4 is 11.9 Å². The molecule has 0 amide bonds. The quantitative estimate of drug-likeness (QED) is 0.461. The molecule has 0 bridgehead atoms. The molecule has 5 rings (SSSR count). The molecule has 30 heavy (non-hydrogen) atoms. The summed E-state index contributed by atoms with van der Waals surface area (Å²) < 4.78 is 11.3. The number of ether oxygens (including phenoxy) is 2. The van der Waals surface area contributed by atoms with E-state index in [1.807, 2.05) is 6.08 Å². The Balaban J connectivity index is 1.37. The van der Waals surface area contributed by atoms with E-state index >= 15 is 0 Å². The van der Waals surface area contributed by atoms with Gasteiger partial charge < -0.3 is 9.47 Å². The van der Waals surface area contributed by atoms with Crippen molar-refractivity contribution in [2.75, 3.05) is 0 Å². The molecule has 1 spiro atoms. The monoisotopic (exact) mass is 412 g/mol. The van der Waals surface area contributed by atoms with Crippen LogP contribution < -0.4 is 0 Å². The van der Waals surface area contributed by atoms with E-state index < -0.39 is 0 Å². The van der Waals surface area contributed by atoms with Crippen LogP contribution in [-0.4, -0.2) is 24.1 Å². The van der Waals surface area contributed by atoms with Crippen LogP contribution in [-0.2, 0) is 19.1 Å². The molecule has 4 saturated carbocycles. The molecule has 0 radical (unpaired) electrons. The molecule has 0 aliphatic heterocycles. The summed E-state index contributed by atoms with van der Waals surface area (Å²) in [5.74, 6) is 3.04. The van der Waals surface area contributed by atoms with Crippen molar-refractivity contribution in [1.82, 2.24) is 0 Å². The van der Waals surface area contributed by atoms with Gasteiger partial charge in [-0.3, -0.25) is 9.59 Å². The third kappa shape index (κ3) is 3.01. The van der Waals surface area contributed by atoms with Crippen LogP contribution in [0, 0.1) is 40.4 Å². The minimum atomic E-state index is -0.176. The first-order valence-electron chi connectivity index (χ1n) is 12.1. The van der Waals surface area contributed by atoms with Crippen LogP contribution in [0.5, 0.6) is 0 Å². The molecule has 0 saturated heterocycles. The summed E-state index contributed by atoms with van der Waals surface area (Å²) in [6, 6.07) is 0. The fraction of sp³-hybridized carbons (Fsp3) is 0.808. The Morgan fingerprint density at radius 1 is 0.900 bits per heavy atom. The number of hydrogen-bond donors (Lipinski definition) is 0. The van der Waals surface area contributed by atoms with Crippen LogP contribution in [0.15, 0.2) is 17.9 Å². The summed E-state index contributed by atoms with van der Waals surface area (Å²) >= 11 is 0. The van der Waals surface area contributed by atoms with Gasteiger partial charge in [0.1, 0.15) is 12.2 Å². The van der Waals surface area contributed by atoms with Crippen molar-refractivity contribution < 1.29 is 19.1 Å². The lowest BCUT2D eigenvalue weighted by Crippen LogP contribution is -2.55. The summed E-state index contributed by atoms with van der Waals surface area (Å²) in [5.41, 5.74) is 3.96. The second kappa shape index (κ2) is 7.26. The lowest BCUT2D eigenvalue weighted by Gasteiger charge is -2.61. The van der Waals surface area contributed by atoms with E-state index in [1.165, 1.54) is 52.4 Å². The third-order valence-corrected chi connectivity index (χ3v) is 9.92. The summed E-state index contributed by atoms with van der Waals surface area (Å²) in [6.45, 7) is 5.61. The minimum Gasteiger partial charge on any atom is -0.463 e. The highest BCUT2D eigenvalue weighted by atomic mass is 16.5. The SMILES string of the molecule is CC(=O)O[C@@H]1CC[C@@]2(C)[C@@H](CC[C@@H]3[C@@H]2CC[C@@]24C=C=C[C@@H](OC(C)=O)[C@H]2CC[C@@H]34)C1.